The van der Waals surface area contributed by atoms with Crippen molar-refractivity contribution in [2.45, 2.75) is 18.6 Å². The van der Waals surface area contributed by atoms with E-state index in [1.807, 2.05) is 4.90 Å². The number of carbonyl (C=O) groups excluding carboxylic acids is 1. The molecule has 0 spiro atoms. The van der Waals surface area contributed by atoms with Crippen molar-refractivity contribution in [3.63, 3.8) is 0 Å². The van der Waals surface area contributed by atoms with Gasteiger partial charge in [-0.3, -0.25) is 9.69 Å². The summed E-state index contributed by atoms with van der Waals surface area (Å²) in [6.45, 7) is 3.41. The Hall–Kier alpha value is -2.91. The van der Waals surface area contributed by atoms with Gasteiger partial charge in [0.1, 0.15) is 0 Å². The largest absolute Gasteiger partial charge is 0.437 e. The van der Waals surface area contributed by atoms with Crippen LogP contribution in [-0.4, -0.2) is 71.0 Å². The molecule has 3 heterocycles. The second-order valence-electron chi connectivity index (χ2n) is 8.61. The zero-order valence-electron chi connectivity index (χ0n) is 18.3. The molecule has 1 aromatic heterocycles. The Labute approximate surface area is 199 Å². The lowest BCUT2D eigenvalue weighted by Crippen LogP contribution is -2.52. The molecular weight excluding hydrogens is 467 g/mol. The number of benzene rings is 2. The number of hydrogen-bond acceptors (Lipinski definition) is 5. The minimum atomic E-state index is -4.59. The van der Waals surface area contributed by atoms with Gasteiger partial charge in [0.05, 0.1) is 11.0 Å². The lowest BCUT2D eigenvalue weighted by molar-refractivity contribution is -0.140. The normalized spacial score (nSPS) is 19.7. The van der Waals surface area contributed by atoms with Gasteiger partial charge < -0.3 is 9.80 Å². The van der Waals surface area contributed by atoms with Gasteiger partial charge in [-0.1, -0.05) is 23.7 Å². The van der Waals surface area contributed by atoms with E-state index >= 15 is 0 Å². The van der Waals surface area contributed by atoms with Crippen LogP contribution < -0.4 is 4.90 Å². The first kappa shape index (κ1) is 22.9. The third-order valence-corrected chi connectivity index (χ3v) is 6.74. The highest BCUT2D eigenvalue weighted by molar-refractivity contribution is 6.30. The van der Waals surface area contributed by atoms with Crippen LogP contribution in [0.4, 0.5) is 19.0 Å². The molecular formula is C24H23ClF3N5O. The van der Waals surface area contributed by atoms with E-state index < -0.39 is 11.9 Å². The van der Waals surface area contributed by atoms with Crippen molar-refractivity contribution in [3.8, 4) is 0 Å². The maximum Gasteiger partial charge on any atom is 0.437 e. The molecule has 2 aliphatic rings. The lowest BCUT2D eigenvalue weighted by Gasteiger charge is -2.38. The summed E-state index contributed by atoms with van der Waals surface area (Å²) in [6.07, 6.45) is -3.85. The quantitative estimate of drug-likeness (QED) is 0.548. The minimum Gasteiger partial charge on any atom is -0.353 e. The van der Waals surface area contributed by atoms with Crippen LogP contribution >= 0.6 is 11.6 Å². The average molecular weight is 490 g/mol. The van der Waals surface area contributed by atoms with E-state index in [9.17, 15) is 18.0 Å². The highest BCUT2D eigenvalue weighted by Gasteiger charge is 2.41. The number of amides is 1. The summed E-state index contributed by atoms with van der Waals surface area (Å²) in [5, 5.41) is 0.581. The highest BCUT2D eigenvalue weighted by Crippen LogP contribution is 2.37. The molecule has 34 heavy (non-hydrogen) atoms. The Balaban J connectivity index is 1.27. The first-order chi connectivity index (χ1) is 16.3. The van der Waals surface area contributed by atoms with E-state index in [4.69, 9.17) is 11.6 Å². The molecule has 2 aliphatic heterocycles. The van der Waals surface area contributed by atoms with Crippen LogP contribution in [0.5, 0.6) is 0 Å². The fraction of sp³-hybridized carbons (Fsp3) is 0.375. The molecule has 2 aromatic carbocycles. The molecule has 0 aliphatic carbocycles. The van der Waals surface area contributed by atoms with Gasteiger partial charge >= 0.3 is 6.18 Å². The van der Waals surface area contributed by atoms with Crippen molar-refractivity contribution < 1.29 is 18.0 Å². The maximum atomic E-state index is 13.8. The van der Waals surface area contributed by atoms with Crippen molar-refractivity contribution in [2.24, 2.45) is 0 Å². The Morgan fingerprint density at radius 2 is 1.56 bits per heavy atom. The number of para-hydroxylation sites is 2. The summed E-state index contributed by atoms with van der Waals surface area (Å²) in [5.41, 5.74) is 0.337. The van der Waals surface area contributed by atoms with E-state index in [1.165, 1.54) is 0 Å². The molecule has 10 heteroatoms. The van der Waals surface area contributed by atoms with Crippen LogP contribution in [0, 0.1) is 0 Å². The van der Waals surface area contributed by atoms with Crippen LogP contribution in [0.25, 0.3) is 11.0 Å². The summed E-state index contributed by atoms with van der Waals surface area (Å²) in [6, 6.07) is 13.5. The first-order valence-corrected chi connectivity index (χ1v) is 11.6. The summed E-state index contributed by atoms with van der Waals surface area (Å²) in [4.78, 5) is 26.7. The van der Waals surface area contributed by atoms with Crippen LogP contribution in [0.3, 0.4) is 0 Å². The number of hydrogen-bond donors (Lipinski definition) is 0. The van der Waals surface area contributed by atoms with Gasteiger partial charge in [-0.15, -0.1) is 0 Å². The van der Waals surface area contributed by atoms with Crippen molar-refractivity contribution in [1.82, 2.24) is 19.8 Å². The topological polar surface area (TPSA) is 52.6 Å². The Kier molecular flexibility index (Phi) is 6.07. The molecule has 0 N–H and O–H groups in total. The number of halogens is 4. The summed E-state index contributed by atoms with van der Waals surface area (Å²) in [7, 11) is 0. The molecule has 178 valence electrons. The fourth-order valence-corrected chi connectivity index (χ4v) is 4.82. The number of aromatic nitrogens is 2. The van der Waals surface area contributed by atoms with E-state index in [1.54, 1.807) is 53.4 Å². The zero-order chi connectivity index (χ0) is 23.9. The standard InChI is InChI=1S/C24H23ClF3N5O/c25-17-7-5-16(6-8-17)23(34)32-13-11-31(12-14-32)18-9-10-33(15-18)22-21(24(26,27)28)29-19-3-1-2-4-20(19)30-22/h1-8,18H,9-15H2/t18-/m1/s1. The van der Waals surface area contributed by atoms with Crippen molar-refractivity contribution in [1.29, 1.82) is 0 Å². The lowest BCUT2D eigenvalue weighted by atomic mass is 10.1. The van der Waals surface area contributed by atoms with Gasteiger partial charge in [0.2, 0.25) is 0 Å². The Morgan fingerprint density at radius 3 is 2.21 bits per heavy atom. The summed E-state index contributed by atoms with van der Waals surface area (Å²) >= 11 is 5.91. The summed E-state index contributed by atoms with van der Waals surface area (Å²) < 4.78 is 41.3. The molecule has 3 aromatic rings. The number of anilines is 1. The van der Waals surface area contributed by atoms with Crippen LogP contribution in [0.1, 0.15) is 22.5 Å². The minimum absolute atomic E-state index is 0.0365. The summed E-state index contributed by atoms with van der Waals surface area (Å²) in [5.74, 6) is -0.143. The SMILES string of the molecule is O=C(c1ccc(Cl)cc1)N1CCN([C@@H]2CCN(c3nc4ccccc4nc3C(F)(F)F)C2)CC1. The van der Waals surface area contributed by atoms with Gasteiger partial charge in [0.25, 0.3) is 5.91 Å². The van der Waals surface area contributed by atoms with Crippen LogP contribution in [0.15, 0.2) is 48.5 Å². The molecule has 0 saturated carbocycles. The van der Waals surface area contributed by atoms with E-state index in [-0.39, 0.29) is 23.3 Å². The second kappa shape index (κ2) is 9.03. The Morgan fingerprint density at radius 1 is 0.912 bits per heavy atom. The molecule has 0 unspecified atom stereocenters. The molecule has 6 nitrogen and oxygen atoms in total. The predicted octanol–water partition coefficient (Wildman–Crippen LogP) is 4.34. The van der Waals surface area contributed by atoms with Crippen molar-refractivity contribution in [2.75, 3.05) is 44.2 Å². The van der Waals surface area contributed by atoms with Crippen LogP contribution in [0.2, 0.25) is 5.02 Å². The molecule has 5 rings (SSSR count). The molecule has 1 amide bonds. The zero-order valence-corrected chi connectivity index (χ0v) is 19.1. The fourth-order valence-electron chi connectivity index (χ4n) is 4.70. The monoisotopic (exact) mass is 489 g/mol. The van der Waals surface area contributed by atoms with Gasteiger partial charge in [-0.25, -0.2) is 9.97 Å². The number of nitrogens with zero attached hydrogens (tertiary/aromatic N) is 5. The molecule has 2 fully saturated rings. The third-order valence-electron chi connectivity index (χ3n) is 6.49. The number of fused-ring (bicyclic) bond motifs is 1. The smallest absolute Gasteiger partial charge is 0.353 e. The molecule has 0 bridgehead atoms. The van der Waals surface area contributed by atoms with E-state index in [2.05, 4.69) is 14.9 Å². The predicted molar refractivity (Wildman–Crippen MR) is 124 cm³/mol. The number of alkyl halides is 3. The van der Waals surface area contributed by atoms with Gasteiger partial charge in [-0.2, -0.15) is 13.2 Å². The maximum absolute atomic E-state index is 13.8. The number of carbonyl (C=O) groups is 1. The molecule has 2 saturated heterocycles. The van der Waals surface area contributed by atoms with Crippen LogP contribution in [-0.2, 0) is 6.18 Å². The number of rotatable bonds is 3. The molecule has 0 radical (unpaired) electrons. The average Bonchev–Trinajstić information content (AvgIpc) is 3.33. The van der Waals surface area contributed by atoms with Gasteiger partial charge in [0.15, 0.2) is 11.5 Å². The number of piperazine rings is 1. The molecule has 1 atom stereocenters. The van der Waals surface area contributed by atoms with Crippen molar-refractivity contribution in [3.05, 3.63) is 64.8 Å². The van der Waals surface area contributed by atoms with Gasteiger partial charge in [0, 0.05) is 55.9 Å². The first-order valence-electron chi connectivity index (χ1n) is 11.2. The second-order valence-corrected chi connectivity index (χ2v) is 9.04. The van der Waals surface area contributed by atoms with E-state index in [0.717, 1.165) is 6.42 Å². The highest BCUT2D eigenvalue weighted by atomic mass is 35.5. The van der Waals surface area contributed by atoms with Gasteiger partial charge in [-0.05, 0) is 42.8 Å². The van der Waals surface area contributed by atoms with E-state index in [0.29, 0.717) is 55.4 Å². The van der Waals surface area contributed by atoms with Crippen molar-refractivity contribution >= 4 is 34.4 Å². The third kappa shape index (κ3) is 4.54. The Bertz CT molecular complexity index is 1200.